The third-order valence-electron chi connectivity index (χ3n) is 2.67. The first-order valence-electron chi connectivity index (χ1n) is 5.46. The van der Waals surface area contributed by atoms with Gasteiger partial charge in [-0.15, -0.1) is 11.3 Å². The van der Waals surface area contributed by atoms with Gasteiger partial charge in [0.05, 0.1) is 17.7 Å². The highest BCUT2D eigenvalue weighted by Crippen LogP contribution is 2.20. The number of hydrogen-bond acceptors (Lipinski definition) is 5. The molecule has 0 bridgehead atoms. The molecule has 0 aliphatic rings. The van der Waals surface area contributed by atoms with Crippen LogP contribution < -0.4 is 10.6 Å². The van der Waals surface area contributed by atoms with E-state index in [4.69, 9.17) is 5.73 Å². The number of pyridine rings is 1. The molecule has 0 aliphatic heterocycles. The summed E-state index contributed by atoms with van der Waals surface area (Å²) in [7, 11) is 2.03. The summed E-state index contributed by atoms with van der Waals surface area (Å²) in [6.45, 7) is 3.36. The Labute approximate surface area is 105 Å². The summed E-state index contributed by atoms with van der Waals surface area (Å²) < 4.78 is 0. The molecular weight excluding hydrogens is 232 g/mol. The maximum Gasteiger partial charge on any atom is 0.133 e. The highest BCUT2D eigenvalue weighted by molar-refractivity contribution is 7.09. The third-order valence-corrected chi connectivity index (χ3v) is 3.59. The number of nitrogens with two attached hydrogens (primary N) is 1. The Balaban J connectivity index is 2.20. The Hall–Kier alpha value is -1.46. The number of aromatic nitrogens is 2. The van der Waals surface area contributed by atoms with E-state index in [1.807, 2.05) is 31.6 Å². The highest BCUT2D eigenvalue weighted by Gasteiger charge is 2.10. The van der Waals surface area contributed by atoms with Gasteiger partial charge in [0, 0.05) is 30.2 Å². The normalized spacial score (nSPS) is 10.5. The van der Waals surface area contributed by atoms with Gasteiger partial charge in [-0.05, 0) is 13.0 Å². The Morgan fingerprint density at radius 3 is 2.88 bits per heavy atom. The van der Waals surface area contributed by atoms with Crippen molar-refractivity contribution in [2.75, 3.05) is 11.9 Å². The van der Waals surface area contributed by atoms with E-state index in [0.29, 0.717) is 6.54 Å². The molecule has 2 N–H and O–H groups in total. The maximum atomic E-state index is 5.72. The van der Waals surface area contributed by atoms with Gasteiger partial charge in [-0.2, -0.15) is 0 Å². The second-order valence-electron chi connectivity index (χ2n) is 3.91. The number of aryl methyl sites for hydroxylation is 1. The van der Waals surface area contributed by atoms with Gasteiger partial charge in [0.25, 0.3) is 0 Å². The summed E-state index contributed by atoms with van der Waals surface area (Å²) in [5, 5.41) is 0. The van der Waals surface area contributed by atoms with Crippen molar-refractivity contribution in [2.24, 2.45) is 5.73 Å². The van der Waals surface area contributed by atoms with Gasteiger partial charge >= 0.3 is 0 Å². The van der Waals surface area contributed by atoms with E-state index in [1.165, 1.54) is 4.88 Å². The van der Waals surface area contributed by atoms with Crippen LogP contribution in [0.5, 0.6) is 0 Å². The van der Waals surface area contributed by atoms with Crippen molar-refractivity contribution in [1.29, 1.82) is 0 Å². The third kappa shape index (κ3) is 2.62. The van der Waals surface area contributed by atoms with E-state index in [0.717, 1.165) is 23.6 Å². The van der Waals surface area contributed by atoms with E-state index >= 15 is 0 Å². The van der Waals surface area contributed by atoms with E-state index in [2.05, 4.69) is 14.9 Å². The zero-order chi connectivity index (χ0) is 12.3. The van der Waals surface area contributed by atoms with E-state index in [1.54, 1.807) is 17.5 Å². The Bertz CT molecular complexity index is 495. The van der Waals surface area contributed by atoms with Crippen molar-refractivity contribution in [3.63, 3.8) is 0 Å². The summed E-state index contributed by atoms with van der Waals surface area (Å²) in [4.78, 5) is 12.0. The molecule has 5 heteroatoms. The smallest absolute Gasteiger partial charge is 0.133 e. The first kappa shape index (κ1) is 12.0. The molecule has 90 valence electrons. The van der Waals surface area contributed by atoms with Gasteiger partial charge in [-0.1, -0.05) is 6.07 Å². The van der Waals surface area contributed by atoms with E-state index < -0.39 is 0 Å². The van der Waals surface area contributed by atoms with Gasteiger partial charge in [-0.25, -0.2) is 9.97 Å². The van der Waals surface area contributed by atoms with Gasteiger partial charge in [0.15, 0.2) is 0 Å². The van der Waals surface area contributed by atoms with Gasteiger partial charge in [0.1, 0.15) is 5.82 Å². The molecule has 4 nitrogen and oxygen atoms in total. The van der Waals surface area contributed by atoms with Crippen molar-refractivity contribution in [3.8, 4) is 0 Å². The predicted molar refractivity (Wildman–Crippen MR) is 71.1 cm³/mol. The van der Waals surface area contributed by atoms with Crippen molar-refractivity contribution in [1.82, 2.24) is 9.97 Å². The minimum absolute atomic E-state index is 0.509. The summed E-state index contributed by atoms with van der Waals surface area (Å²) >= 11 is 1.67. The first-order valence-corrected chi connectivity index (χ1v) is 6.34. The molecule has 0 radical (unpaired) electrons. The quantitative estimate of drug-likeness (QED) is 0.898. The van der Waals surface area contributed by atoms with Crippen LogP contribution in [0.15, 0.2) is 23.8 Å². The van der Waals surface area contributed by atoms with Crippen LogP contribution in [0.4, 0.5) is 5.82 Å². The Kier molecular flexibility index (Phi) is 3.71. The molecule has 0 saturated carbocycles. The monoisotopic (exact) mass is 248 g/mol. The zero-order valence-corrected chi connectivity index (χ0v) is 10.9. The Morgan fingerprint density at radius 1 is 1.41 bits per heavy atom. The lowest BCUT2D eigenvalue weighted by Gasteiger charge is -2.20. The van der Waals surface area contributed by atoms with Crippen LogP contribution in [-0.2, 0) is 13.1 Å². The molecule has 2 aromatic heterocycles. The minimum atomic E-state index is 0.509. The number of thiazole rings is 1. The van der Waals surface area contributed by atoms with Crippen molar-refractivity contribution in [2.45, 2.75) is 20.0 Å². The Morgan fingerprint density at radius 2 is 2.24 bits per heavy atom. The molecule has 0 amide bonds. The second-order valence-corrected chi connectivity index (χ2v) is 4.85. The summed E-state index contributed by atoms with van der Waals surface area (Å²) in [6, 6.07) is 3.93. The van der Waals surface area contributed by atoms with Crippen LogP contribution in [0.3, 0.4) is 0 Å². The summed E-state index contributed by atoms with van der Waals surface area (Å²) in [5.74, 6) is 0.947. The zero-order valence-electron chi connectivity index (χ0n) is 10.1. The molecule has 2 rings (SSSR count). The number of nitrogens with zero attached hydrogens (tertiary/aromatic N) is 3. The molecule has 0 unspecified atom stereocenters. The minimum Gasteiger partial charge on any atom is -0.354 e. The molecule has 2 heterocycles. The van der Waals surface area contributed by atoms with Crippen LogP contribution in [0.25, 0.3) is 0 Å². The standard InChI is InChI=1S/C12H16N4S/c1-9-11(17-8-15-9)7-16(2)12-10(6-13)4-3-5-14-12/h3-5,8H,6-7,13H2,1-2H3. The topological polar surface area (TPSA) is 55.0 Å². The molecule has 0 aromatic carbocycles. The average molecular weight is 248 g/mol. The lowest BCUT2D eigenvalue weighted by atomic mass is 10.2. The van der Waals surface area contributed by atoms with Gasteiger partial charge in [-0.3, -0.25) is 0 Å². The van der Waals surface area contributed by atoms with Crippen LogP contribution in [-0.4, -0.2) is 17.0 Å². The molecule has 0 aliphatic carbocycles. The van der Waals surface area contributed by atoms with Crippen LogP contribution in [0, 0.1) is 6.92 Å². The fourth-order valence-electron chi connectivity index (χ4n) is 1.70. The summed E-state index contributed by atoms with van der Waals surface area (Å²) in [5.41, 5.74) is 9.75. The number of rotatable bonds is 4. The van der Waals surface area contributed by atoms with E-state index in [9.17, 15) is 0 Å². The highest BCUT2D eigenvalue weighted by atomic mass is 32.1. The van der Waals surface area contributed by atoms with Crippen LogP contribution >= 0.6 is 11.3 Å². The van der Waals surface area contributed by atoms with E-state index in [-0.39, 0.29) is 0 Å². The maximum absolute atomic E-state index is 5.72. The first-order chi connectivity index (χ1) is 8.22. The lowest BCUT2D eigenvalue weighted by Crippen LogP contribution is -2.20. The second kappa shape index (κ2) is 5.25. The molecule has 17 heavy (non-hydrogen) atoms. The predicted octanol–water partition coefficient (Wildman–Crippen LogP) is 1.94. The van der Waals surface area contributed by atoms with Crippen LogP contribution in [0.1, 0.15) is 16.1 Å². The molecular formula is C12H16N4S. The SMILES string of the molecule is Cc1ncsc1CN(C)c1ncccc1CN. The molecule has 0 fully saturated rings. The van der Waals surface area contributed by atoms with Gasteiger partial charge in [0.2, 0.25) is 0 Å². The fourth-order valence-corrected chi connectivity index (χ4v) is 2.53. The number of anilines is 1. The molecule has 2 aromatic rings. The van der Waals surface area contributed by atoms with Crippen molar-refractivity contribution < 1.29 is 0 Å². The molecule has 0 atom stereocenters. The van der Waals surface area contributed by atoms with Crippen molar-refractivity contribution in [3.05, 3.63) is 40.0 Å². The number of hydrogen-bond donors (Lipinski definition) is 1. The lowest BCUT2D eigenvalue weighted by molar-refractivity contribution is 0.879. The largest absolute Gasteiger partial charge is 0.354 e. The average Bonchev–Trinajstić information content (AvgIpc) is 2.75. The molecule has 0 spiro atoms. The van der Waals surface area contributed by atoms with Gasteiger partial charge < -0.3 is 10.6 Å². The van der Waals surface area contributed by atoms with Crippen molar-refractivity contribution >= 4 is 17.2 Å². The van der Waals surface area contributed by atoms with Crippen LogP contribution in [0.2, 0.25) is 0 Å². The summed E-state index contributed by atoms with van der Waals surface area (Å²) in [6.07, 6.45) is 1.80. The molecule has 0 saturated heterocycles. The fraction of sp³-hybridized carbons (Fsp3) is 0.333.